The highest BCUT2D eigenvalue weighted by atomic mass is 14.3. The lowest BCUT2D eigenvalue weighted by Gasteiger charge is -2.35. The molecule has 1 unspecified atom stereocenters. The molecule has 2 rings (SSSR count). The van der Waals surface area contributed by atoms with Crippen LogP contribution in [0.5, 0.6) is 0 Å². The first-order valence-corrected chi connectivity index (χ1v) is 5.43. The Kier molecular flexibility index (Phi) is 2.22. The molecule has 0 aliphatic heterocycles. The Morgan fingerprint density at radius 1 is 1.21 bits per heavy atom. The van der Waals surface area contributed by atoms with Gasteiger partial charge in [-0.05, 0) is 28.9 Å². The summed E-state index contributed by atoms with van der Waals surface area (Å²) in [6, 6.07) is 8.75. The summed E-state index contributed by atoms with van der Waals surface area (Å²) in [4.78, 5) is 0. The van der Waals surface area contributed by atoms with Crippen LogP contribution in [0.1, 0.15) is 44.2 Å². The minimum atomic E-state index is 0.309. The van der Waals surface area contributed by atoms with Crippen molar-refractivity contribution < 1.29 is 0 Å². The number of benzene rings is 1. The summed E-state index contributed by atoms with van der Waals surface area (Å²) in [7, 11) is 0. The molecule has 0 saturated heterocycles. The number of hydrogen-bond acceptors (Lipinski definition) is 0. The number of fused-ring (bicyclic) bond motifs is 1. The highest BCUT2D eigenvalue weighted by Crippen LogP contribution is 2.44. The van der Waals surface area contributed by atoms with Crippen LogP contribution in [0.15, 0.2) is 30.3 Å². The number of rotatable bonds is 1. The van der Waals surface area contributed by atoms with Gasteiger partial charge in [-0.15, -0.1) is 0 Å². The fourth-order valence-electron chi connectivity index (χ4n) is 2.55. The first-order chi connectivity index (χ1) is 6.65. The molecule has 1 aromatic rings. The molecular formula is C14H18. The van der Waals surface area contributed by atoms with E-state index in [-0.39, 0.29) is 0 Å². The Hall–Kier alpha value is -1.04. The summed E-state index contributed by atoms with van der Waals surface area (Å²) in [5, 5.41) is 0. The molecular weight excluding hydrogens is 168 g/mol. The molecule has 0 bridgehead atoms. The van der Waals surface area contributed by atoms with Gasteiger partial charge in [0.25, 0.3) is 0 Å². The average molecular weight is 186 g/mol. The Bertz CT molecular complexity index is 358. The molecule has 0 aromatic heterocycles. The molecule has 0 radical (unpaired) electrons. The minimum absolute atomic E-state index is 0.309. The second-order valence-electron chi connectivity index (χ2n) is 4.74. The smallest absolute Gasteiger partial charge is 0.00726 e. The van der Waals surface area contributed by atoms with Gasteiger partial charge in [0.1, 0.15) is 0 Å². The predicted octanol–water partition coefficient (Wildman–Crippen LogP) is 4.23. The third-order valence-electron chi connectivity index (χ3n) is 3.37. The van der Waals surface area contributed by atoms with Crippen LogP contribution in [0.3, 0.4) is 0 Å². The van der Waals surface area contributed by atoms with Crippen molar-refractivity contribution in [1.29, 1.82) is 0 Å². The quantitative estimate of drug-likeness (QED) is 0.615. The molecule has 1 aromatic carbocycles. The van der Waals surface area contributed by atoms with E-state index in [1.54, 1.807) is 0 Å². The first kappa shape index (κ1) is 9.51. The fraction of sp³-hybridized carbons (Fsp3) is 0.429. The largest absolute Gasteiger partial charge is 0.0776 e. The molecule has 0 saturated carbocycles. The van der Waals surface area contributed by atoms with Gasteiger partial charge in [0.2, 0.25) is 0 Å². The van der Waals surface area contributed by atoms with E-state index < -0.39 is 0 Å². The summed E-state index contributed by atoms with van der Waals surface area (Å²) in [6.45, 7) is 6.93. The standard InChI is InChI=1S/C14H18/c1-4-13-12-8-6-5-7-11(12)9-10-14(13,2)3/h5-10,13H,4H2,1-3H3. The summed E-state index contributed by atoms with van der Waals surface area (Å²) >= 11 is 0. The van der Waals surface area contributed by atoms with Crippen molar-refractivity contribution in [3.63, 3.8) is 0 Å². The lowest BCUT2D eigenvalue weighted by atomic mass is 9.69. The Labute approximate surface area is 86.7 Å². The van der Waals surface area contributed by atoms with E-state index >= 15 is 0 Å². The van der Waals surface area contributed by atoms with Crippen LogP contribution in [0.25, 0.3) is 6.08 Å². The lowest BCUT2D eigenvalue weighted by Crippen LogP contribution is -2.22. The van der Waals surface area contributed by atoms with Gasteiger partial charge < -0.3 is 0 Å². The maximum atomic E-state index is 2.35. The van der Waals surface area contributed by atoms with Gasteiger partial charge in [0, 0.05) is 0 Å². The second-order valence-corrected chi connectivity index (χ2v) is 4.74. The van der Waals surface area contributed by atoms with Crippen molar-refractivity contribution in [2.45, 2.75) is 33.1 Å². The molecule has 74 valence electrons. The highest BCUT2D eigenvalue weighted by Gasteiger charge is 2.30. The predicted molar refractivity (Wildman–Crippen MR) is 62.3 cm³/mol. The van der Waals surface area contributed by atoms with Gasteiger partial charge in [-0.1, -0.05) is 57.2 Å². The van der Waals surface area contributed by atoms with E-state index in [4.69, 9.17) is 0 Å². The van der Waals surface area contributed by atoms with Gasteiger partial charge in [-0.25, -0.2) is 0 Å². The maximum Gasteiger partial charge on any atom is -0.00726 e. The fourth-order valence-corrected chi connectivity index (χ4v) is 2.55. The molecule has 0 amide bonds. The van der Waals surface area contributed by atoms with Gasteiger partial charge in [0.05, 0.1) is 0 Å². The molecule has 0 heterocycles. The minimum Gasteiger partial charge on any atom is -0.0776 e. The van der Waals surface area contributed by atoms with E-state index in [1.165, 1.54) is 17.5 Å². The SMILES string of the molecule is CCC1c2ccccc2C=CC1(C)C. The Morgan fingerprint density at radius 3 is 2.64 bits per heavy atom. The summed E-state index contributed by atoms with van der Waals surface area (Å²) in [5.74, 6) is 0.670. The molecule has 0 N–H and O–H groups in total. The van der Waals surface area contributed by atoms with Crippen LogP contribution in [-0.4, -0.2) is 0 Å². The molecule has 1 aliphatic carbocycles. The van der Waals surface area contributed by atoms with E-state index in [2.05, 4.69) is 57.2 Å². The third kappa shape index (κ3) is 1.39. The Morgan fingerprint density at radius 2 is 1.93 bits per heavy atom. The third-order valence-corrected chi connectivity index (χ3v) is 3.37. The van der Waals surface area contributed by atoms with Crippen molar-refractivity contribution in [3.05, 3.63) is 41.5 Å². The topological polar surface area (TPSA) is 0 Å². The van der Waals surface area contributed by atoms with Crippen LogP contribution in [0.2, 0.25) is 0 Å². The van der Waals surface area contributed by atoms with Gasteiger partial charge in [-0.2, -0.15) is 0 Å². The zero-order valence-corrected chi connectivity index (χ0v) is 9.25. The van der Waals surface area contributed by atoms with Crippen molar-refractivity contribution in [1.82, 2.24) is 0 Å². The number of allylic oxidation sites excluding steroid dienone is 1. The molecule has 0 fully saturated rings. The van der Waals surface area contributed by atoms with Crippen LogP contribution < -0.4 is 0 Å². The lowest BCUT2D eigenvalue weighted by molar-refractivity contribution is 0.360. The van der Waals surface area contributed by atoms with Gasteiger partial charge in [0.15, 0.2) is 0 Å². The van der Waals surface area contributed by atoms with Crippen molar-refractivity contribution in [3.8, 4) is 0 Å². The summed E-state index contributed by atoms with van der Waals surface area (Å²) < 4.78 is 0. The maximum absolute atomic E-state index is 2.35. The van der Waals surface area contributed by atoms with Gasteiger partial charge in [-0.3, -0.25) is 0 Å². The van der Waals surface area contributed by atoms with E-state index in [0.717, 1.165) is 0 Å². The molecule has 14 heavy (non-hydrogen) atoms. The number of hydrogen-bond donors (Lipinski definition) is 0. The van der Waals surface area contributed by atoms with E-state index in [1.807, 2.05) is 0 Å². The molecule has 0 spiro atoms. The van der Waals surface area contributed by atoms with Crippen molar-refractivity contribution in [2.75, 3.05) is 0 Å². The molecule has 1 atom stereocenters. The van der Waals surface area contributed by atoms with Crippen LogP contribution in [0, 0.1) is 5.41 Å². The van der Waals surface area contributed by atoms with E-state index in [9.17, 15) is 0 Å². The van der Waals surface area contributed by atoms with Crippen molar-refractivity contribution in [2.24, 2.45) is 5.41 Å². The average Bonchev–Trinajstić information content (AvgIpc) is 2.17. The highest BCUT2D eigenvalue weighted by molar-refractivity contribution is 5.59. The zero-order valence-electron chi connectivity index (χ0n) is 9.25. The monoisotopic (exact) mass is 186 g/mol. The first-order valence-electron chi connectivity index (χ1n) is 5.43. The van der Waals surface area contributed by atoms with E-state index in [0.29, 0.717) is 11.3 Å². The van der Waals surface area contributed by atoms with Gasteiger partial charge >= 0.3 is 0 Å². The zero-order chi connectivity index (χ0) is 10.2. The van der Waals surface area contributed by atoms with Crippen LogP contribution in [0.4, 0.5) is 0 Å². The normalized spacial score (nSPS) is 23.2. The van der Waals surface area contributed by atoms with Crippen molar-refractivity contribution >= 4 is 6.08 Å². The summed E-state index contributed by atoms with van der Waals surface area (Å²) in [5.41, 5.74) is 3.23. The van der Waals surface area contributed by atoms with Crippen LogP contribution in [-0.2, 0) is 0 Å². The Balaban J connectivity index is 2.53. The second kappa shape index (κ2) is 3.27. The van der Waals surface area contributed by atoms with Crippen LogP contribution >= 0.6 is 0 Å². The molecule has 0 heteroatoms. The molecule has 1 aliphatic rings. The molecule has 0 nitrogen and oxygen atoms in total. The summed E-state index contributed by atoms with van der Waals surface area (Å²) in [6.07, 6.45) is 5.83.